The number of benzene rings is 1. The highest BCUT2D eigenvalue weighted by atomic mass is 32.2. The van der Waals surface area contributed by atoms with E-state index in [0.717, 1.165) is 4.31 Å². The standard InChI is InChI=1S/C13H22N2O4S/c1-10(2)18-8-9-19-11-6-5-7-12(13(11)14)20(16,17)15(3)4/h5-7,10H,8-9,14H2,1-4H3. The van der Waals surface area contributed by atoms with Crippen molar-refractivity contribution in [2.75, 3.05) is 33.0 Å². The van der Waals surface area contributed by atoms with E-state index in [4.69, 9.17) is 15.2 Å². The Bertz CT molecular complexity index is 541. The van der Waals surface area contributed by atoms with E-state index in [1.54, 1.807) is 12.1 Å². The molecule has 1 aromatic carbocycles. The molecule has 0 heterocycles. The second-order valence-corrected chi connectivity index (χ2v) is 6.84. The molecular formula is C13H22N2O4S. The first-order valence-corrected chi connectivity index (χ1v) is 7.76. The van der Waals surface area contributed by atoms with Gasteiger partial charge in [-0.2, -0.15) is 0 Å². The number of nitrogens with zero attached hydrogens (tertiary/aromatic N) is 1. The van der Waals surface area contributed by atoms with Crippen molar-refractivity contribution in [2.24, 2.45) is 0 Å². The summed E-state index contributed by atoms with van der Waals surface area (Å²) in [6.07, 6.45) is 0.122. The van der Waals surface area contributed by atoms with Crippen LogP contribution < -0.4 is 10.5 Å². The van der Waals surface area contributed by atoms with Crippen molar-refractivity contribution in [3.05, 3.63) is 18.2 Å². The van der Waals surface area contributed by atoms with Crippen LogP contribution in [-0.2, 0) is 14.8 Å². The normalized spacial score (nSPS) is 12.1. The lowest BCUT2D eigenvalue weighted by Gasteiger charge is -2.16. The van der Waals surface area contributed by atoms with Crippen molar-refractivity contribution in [1.29, 1.82) is 0 Å². The van der Waals surface area contributed by atoms with Gasteiger partial charge in [0.25, 0.3) is 0 Å². The van der Waals surface area contributed by atoms with Crippen molar-refractivity contribution in [1.82, 2.24) is 4.31 Å². The van der Waals surface area contributed by atoms with Crippen LogP contribution in [0.25, 0.3) is 0 Å². The van der Waals surface area contributed by atoms with E-state index in [1.807, 2.05) is 13.8 Å². The molecule has 0 saturated carbocycles. The topological polar surface area (TPSA) is 81.9 Å². The van der Waals surface area contributed by atoms with Crippen LogP contribution in [0, 0.1) is 0 Å². The number of hydrogen-bond donors (Lipinski definition) is 1. The molecule has 0 spiro atoms. The minimum atomic E-state index is -3.58. The third-order valence-corrected chi connectivity index (χ3v) is 4.45. The minimum absolute atomic E-state index is 0.0461. The number of sulfonamides is 1. The lowest BCUT2D eigenvalue weighted by atomic mass is 10.3. The average molecular weight is 302 g/mol. The Morgan fingerprint density at radius 3 is 2.45 bits per heavy atom. The van der Waals surface area contributed by atoms with Crippen LogP contribution in [0.3, 0.4) is 0 Å². The van der Waals surface area contributed by atoms with Gasteiger partial charge in [-0.1, -0.05) is 6.07 Å². The van der Waals surface area contributed by atoms with Crippen LogP contribution in [-0.4, -0.2) is 46.1 Å². The Kier molecular flexibility index (Phi) is 5.79. The third kappa shape index (κ3) is 4.09. The number of nitrogen functional groups attached to an aromatic ring is 1. The zero-order valence-electron chi connectivity index (χ0n) is 12.3. The average Bonchev–Trinajstić information content (AvgIpc) is 2.35. The van der Waals surface area contributed by atoms with Crippen LogP contribution in [0.1, 0.15) is 13.8 Å². The predicted molar refractivity (Wildman–Crippen MR) is 78.3 cm³/mol. The molecule has 0 saturated heterocycles. The Morgan fingerprint density at radius 1 is 1.25 bits per heavy atom. The van der Waals surface area contributed by atoms with Crippen LogP contribution in [0.2, 0.25) is 0 Å². The van der Waals surface area contributed by atoms with Crippen molar-refractivity contribution >= 4 is 15.7 Å². The van der Waals surface area contributed by atoms with Gasteiger partial charge in [0.15, 0.2) is 0 Å². The van der Waals surface area contributed by atoms with Gasteiger partial charge in [0.1, 0.15) is 17.3 Å². The fourth-order valence-corrected chi connectivity index (χ4v) is 2.53. The lowest BCUT2D eigenvalue weighted by Crippen LogP contribution is -2.23. The van der Waals surface area contributed by atoms with Crippen molar-refractivity contribution in [3.63, 3.8) is 0 Å². The zero-order valence-corrected chi connectivity index (χ0v) is 13.1. The molecule has 0 aromatic heterocycles. The fourth-order valence-electron chi connectivity index (χ4n) is 1.51. The van der Waals surface area contributed by atoms with Crippen molar-refractivity contribution in [3.8, 4) is 5.75 Å². The lowest BCUT2D eigenvalue weighted by molar-refractivity contribution is 0.0554. The van der Waals surface area contributed by atoms with Gasteiger partial charge in [0, 0.05) is 14.1 Å². The molecule has 0 radical (unpaired) electrons. The molecule has 1 aromatic rings. The van der Waals surface area contributed by atoms with Gasteiger partial charge in [0.2, 0.25) is 10.0 Å². The van der Waals surface area contributed by atoms with Gasteiger partial charge in [-0.15, -0.1) is 0 Å². The molecule has 1 rings (SSSR count). The molecule has 0 atom stereocenters. The highest BCUT2D eigenvalue weighted by molar-refractivity contribution is 7.89. The van der Waals surface area contributed by atoms with E-state index in [1.165, 1.54) is 20.2 Å². The summed E-state index contributed by atoms with van der Waals surface area (Å²) >= 11 is 0. The zero-order chi connectivity index (χ0) is 15.3. The fraction of sp³-hybridized carbons (Fsp3) is 0.538. The van der Waals surface area contributed by atoms with E-state index in [-0.39, 0.29) is 16.7 Å². The molecule has 0 unspecified atom stereocenters. The maximum absolute atomic E-state index is 12.1. The smallest absolute Gasteiger partial charge is 0.244 e. The van der Waals surface area contributed by atoms with E-state index in [9.17, 15) is 8.42 Å². The first-order valence-electron chi connectivity index (χ1n) is 6.32. The second-order valence-electron chi connectivity index (χ2n) is 4.72. The van der Waals surface area contributed by atoms with Crippen LogP contribution in [0.15, 0.2) is 23.1 Å². The summed E-state index contributed by atoms with van der Waals surface area (Å²) in [4.78, 5) is 0.0461. The maximum Gasteiger partial charge on any atom is 0.244 e. The van der Waals surface area contributed by atoms with Gasteiger partial charge >= 0.3 is 0 Å². The van der Waals surface area contributed by atoms with E-state index in [0.29, 0.717) is 19.0 Å². The minimum Gasteiger partial charge on any atom is -0.489 e. The molecule has 0 bridgehead atoms. The Labute approximate surface area is 120 Å². The second kappa shape index (κ2) is 6.92. The SMILES string of the molecule is CC(C)OCCOc1cccc(S(=O)(=O)N(C)C)c1N. The van der Waals surface area contributed by atoms with Gasteiger partial charge in [-0.3, -0.25) is 0 Å². The van der Waals surface area contributed by atoms with Crippen LogP contribution in [0.4, 0.5) is 5.69 Å². The molecule has 0 aliphatic heterocycles. The summed E-state index contributed by atoms with van der Waals surface area (Å²) < 4.78 is 36.1. The van der Waals surface area contributed by atoms with Crippen LogP contribution in [0.5, 0.6) is 5.75 Å². The molecular weight excluding hydrogens is 280 g/mol. The van der Waals surface area contributed by atoms with Crippen LogP contribution >= 0.6 is 0 Å². The molecule has 6 nitrogen and oxygen atoms in total. The predicted octanol–water partition coefficient (Wildman–Crippen LogP) is 1.32. The molecule has 114 valence electrons. The van der Waals surface area contributed by atoms with Crippen molar-refractivity contribution < 1.29 is 17.9 Å². The number of anilines is 1. The van der Waals surface area contributed by atoms with Gasteiger partial charge in [0.05, 0.1) is 18.4 Å². The van der Waals surface area contributed by atoms with E-state index < -0.39 is 10.0 Å². The monoisotopic (exact) mass is 302 g/mol. The number of ether oxygens (including phenoxy) is 2. The number of nitrogens with two attached hydrogens (primary N) is 1. The Hall–Kier alpha value is -1.31. The quantitative estimate of drug-likeness (QED) is 0.607. The maximum atomic E-state index is 12.1. The molecule has 2 N–H and O–H groups in total. The number of para-hydroxylation sites is 1. The summed E-state index contributed by atoms with van der Waals surface area (Å²) in [6.45, 7) is 4.59. The summed E-state index contributed by atoms with van der Waals surface area (Å²) in [5, 5.41) is 0. The van der Waals surface area contributed by atoms with E-state index >= 15 is 0 Å². The molecule has 0 amide bonds. The first kappa shape index (κ1) is 16.7. The molecule has 0 aliphatic rings. The number of hydrogen-bond acceptors (Lipinski definition) is 5. The summed E-state index contributed by atoms with van der Waals surface area (Å²) in [6, 6.07) is 4.70. The van der Waals surface area contributed by atoms with Gasteiger partial charge in [-0.25, -0.2) is 12.7 Å². The highest BCUT2D eigenvalue weighted by Gasteiger charge is 2.22. The van der Waals surface area contributed by atoms with Gasteiger partial charge in [-0.05, 0) is 26.0 Å². The molecule has 7 heteroatoms. The molecule has 0 fully saturated rings. The summed E-state index contributed by atoms with van der Waals surface area (Å²) in [5.41, 5.74) is 5.99. The largest absolute Gasteiger partial charge is 0.489 e. The van der Waals surface area contributed by atoms with Crippen molar-refractivity contribution in [2.45, 2.75) is 24.8 Å². The highest BCUT2D eigenvalue weighted by Crippen LogP contribution is 2.29. The van der Waals surface area contributed by atoms with E-state index in [2.05, 4.69) is 0 Å². The summed E-state index contributed by atoms with van der Waals surface area (Å²) in [5.74, 6) is 0.347. The molecule has 20 heavy (non-hydrogen) atoms. The number of rotatable bonds is 7. The Morgan fingerprint density at radius 2 is 1.90 bits per heavy atom. The van der Waals surface area contributed by atoms with Gasteiger partial charge < -0.3 is 15.2 Å². The Balaban J connectivity index is 2.86. The first-order chi connectivity index (χ1) is 9.26. The molecule has 0 aliphatic carbocycles. The third-order valence-electron chi connectivity index (χ3n) is 2.58. The summed E-state index contributed by atoms with van der Waals surface area (Å²) in [7, 11) is -0.663.